The zero-order valence-corrected chi connectivity index (χ0v) is 16.5. The van der Waals surface area contributed by atoms with Gasteiger partial charge in [-0.25, -0.2) is 4.98 Å². The number of benzene rings is 1. The van der Waals surface area contributed by atoms with E-state index in [0.717, 1.165) is 32.2 Å². The number of hydrogen-bond donors (Lipinski definition) is 2. The molecule has 2 aromatic rings. The molecule has 0 saturated carbocycles. The molecule has 1 aromatic carbocycles. The van der Waals surface area contributed by atoms with Crippen LogP contribution < -0.4 is 10.6 Å². The molecule has 0 unspecified atom stereocenters. The molecule has 2 fully saturated rings. The molecular formula is C22H27N5O2. The number of amides is 2. The summed E-state index contributed by atoms with van der Waals surface area (Å²) < 4.78 is 0. The topological polar surface area (TPSA) is 87.2 Å². The van der Waals surface area contributed by atoms with Gasteiger partial charge < -0.3 is 10.6 Å². The van der Waals surface area contributed by atoms with Crippen LogP contribution >= 0.6 is 0 Å². The highest BCUT2D eigenvalue weighted by atomic mass is 16.2. The van der Waals surface area contributed by atoms with Gasteiger partial charge in [-0.15, -0.1) is 0 Å². The average molecular weight is 393 g/mol. The van der Waals surface area contributed by atoms with Crippen molar-refractivity contribution in [3.8, 4) is 0 Å². The third kappa shape index (κ3) is 4.29. The number of carbonyl (C=O) groups excluding carboxylic acids is 2. The summed E-state index contributed by atoms with van der Waals surface area (Å²) in [6.45, 7) is 2.21. The van der Waals surface area contributed by atoms with Gasteiger partial charge >= 0.3 is 0 Å². The van der Waals surface area contributed by atoms with Crippen molar-refractivity contribution in [1.82, 2.24) is 25.5 Å². The van der Waals surface area contributed by atoms with Crippen LogP contribution in [0.1, 0.15) is 41.7 Å². The molecule has 2 amide bonds. The molecule has 4 rings (SSSR count). The molecule has 152 valence electrons. The van der Waals surface area contributed by atoms with Crippen molar-refractivity contribution in [2.24, 2.45) is 0 Å². The van der Waals surface area contributed by atoms with Crippen molar-refractivity contribution < 1.29 is 9.59 Å². The standard InChI is InChI=1S/C22H27N5O2/c28-20(19-15-23-11-12-24-19)26-18-14-22(9-4-5-13-27(22)16-18)21(29)25-10-8-17-6-2-1-3-7-17/h1-3,6-7,11-12,15,18H,4-5,8-10,13-14,16H2,(H,25,29)(H,26,28)/t18-,22+/m0/s1. The van der Waals surface area contributed by atoms with Gasteiger partial charge in [0, 0.05) is 31.5 Å². The van der Waals surface area contributed by atoms with Crippen LogP contribution in [0.4, 0.5) is 0 Å². The Bertz CT molecular complexity index is 845. The number of rotatable bonds is 6. The molecule has 2 aliphatic rings. The lowest BCUT2D eigenvalue weighted by atomic mass is 9.84. The predicted octanol–water partition coefficient (Wildman–Crippen LogP) is 1.56. The van der Waals surface area contributed by atoms with E-state index < -0.39 is 5.54 Å². The first kappa shape index (κ1) is 19.5. The average Bonchev–Trinajstić information content (AvgIpc) is 3.14. The van der Waals surface area contributed by atoms with Gasteiger partial charge in [-0.2, -0.15) is 0 Å². The van der Waals surface area contributed by atoms with E-state index in [1.807, 2.05) is 18.2 Å². The van der Waals surface area contributed by atoms with Crippen molar-refractivity contribution >= 4 is 11.8 Å². The van der Waals surface area contributed by atoms with Gasteiger partial charge in [0.15, 0.2) is 0 Å². The molecule has 1 aromatic heterocycles. The minimum Gasteiger partial charge on any atom is -0.354 e. The Morgan fingerprint density at radius 2 is 2.03 bits per heavy atom. The fourth-order valence-electron chi connectivity index (χ4n) is 4.58. The number of fused-ring (bicyclic) bond motifs is 1. The molecule has 7 nitrogen and oxygen atoms in total. The van der Waals surface area contributed by atoms with Crippen molar-refractivity contribution in [3.05, 3.63) is 60.2 Å². The molecule has 29 heavy (non-hydrogen) atoms. The Kier molecular flexibility index (Phi) is 5.85. The summed E-state index contributed by atoms with van der Waals surface area (Å²) in [5.41, 5.74) is 1.000. The maximum atomic E-state index is 13.2. The van der Waals surface area contributed by atoms with Crippen LogP contribution in [0, 0.1) is 0 Å². The molecule has 2 saturated heterocycles. The number of nitrogens with zero attached hydrogens (tertiary/aromatic N) is 3. The van der Waals surface area contributed by atoms with Crippen molar-refractivity contribution in [2.45, 2.75) is 43.7 Å². The third-order valence-electron chi connectivity index (χ3n) is 5.99. The number of nitrogens with one attached hydrogen (secondary N) is 2. The Balaban J connectivity index is 1.39. The maximum Gasteiger partial charge on any atom is 0.271 e. The highest BCUT2D eigenvalue weighted by Gasteiger charge is 2.52. The highest BCUT2D eigenvalue weighted by Crippen LogP contribution is 2.38. The number of aromatic nitrogens is 2. The first-order valence-electron chi connectivity index (χ1n) is 10.3. The van der Waals surface area contributed by atoms with Crippen LogP contribution in [0.2, 0.25) is 0 Å². The summed E-state index contributed by atoms with van der Waals surface area (Å²) >= 11 is 0. The lowest BCUT2D eigenvalue weighted by molar-refractivity contribution is -0.133. The molecule has 0 bridgehead atoms. The maximum absolute atomic E-state index is 13.2. The first-order chi connectivity index (χ1) is 14.2. The quantitative estimate of drug-likeness (QED) is 0.778. The molecule has 2 aliphatic heterocycles. The van der Waals surface area contributed by atoms with Crippen LogP contribution in [0.15, 0.2) is 48.9 Å². The van der Waals surface area contributed by atoms with Crippen molar-refractivity contribution in [3.63, 3.8) is 0 Å². The van der Waals surface area contributed by atoms with E-state index in [0.29, 0.717) is 25.2 Å². The second kappa shape index (κ2) is 8.69. The first-order valence-corrected chi connectivity index (χ1v) is 10.3. The third-order valence-corrected chi connectivity index (χ3v) is 5.99. The van der Waals surface area contributed by atoms with Crippen LogP contribution in [0.3, 0.4) is 0 Å². The monoisotopic (exact) mass is 393 g/mol. The molecule has 2 atom stereocenters. The molecule has 0 radical (unpaired) electrons. The predicted molar refractivity (Wildman–Crippen MR) is 109 cm³/mol. The summed E-state index contributed by atoms with van der Waals surface area (Å²) in [5.74, 6) is -0.146. The SMILES string of the molecule is O=C(N[C@@H]1CN2CCCC[C@]2(C(=O)NCCc2ccccc2)C1)c1cnccn1. The van der Waals surface area contributed by atoms with Crippen LogP contribution in [0.5, 0.6) is 0 Å². The van der Waals surface area contributed by atoms with Gasteiger partial charge in [-0.05, 0) is 44.2 Å². The fourth-order valence-corrected chi connectivity index (χ4v) is 4.58. The molecular weight excluding hydrogens is 366 g/mol. The molecule has 7 heteroatoms. The van der Waals surface area contributed by atoms with E-state index >= 15 is 0 Å². The number of hydrogen-bond acceptors (Lipinski definition) is 5. The lowest BCUT2D eigenvalue weighted by Crippen LogP contribution is -2.57. The Morgan fingerprint density at radius 3 is 2.83 bits per heavy atom. The van der Waals surface area contributed by atoms with E-state index in [2.05, 4.69) is 37.6 Å². The van der Waals surface area contributed by atoms with Crippen LogP contribution in [-0.4, -0.2) is 57.9 Å². The van der Waals surface area contributed by atoms with E-state index in [1.54, 1.807) is 6.20 Å². The normalized spacial score (nSPS) is 23.9. The summed E-state index contributed by atoms with van der Waals surface area (Å²) in [5, 5.41) is 6.20. The summed E-state index contributed by atoms with van der Waals surface area (Å²) in [6.07, 6.45) is 8.92. The molecule has 3 heterocycles. The molecule has 0 aliphatic carbocycles. The number of piperidine rings is 1. The Hall–Kier alpha value is -2.80. The Morgan fingerprint density at radius 1 is 1.17 bits per heavy atom. The molecule has 0 spiro atoms. The van der Waals surface area contributed by atoms with E-state index in [-0.39, 0.29) is 17.9 Å². The van der Waals surface area contributed by atoms with Crippen molar-refractivity contribution in [2.75, 3.05) is 19.6 Å². The zero-order valence-electron chi connectivity index (χ0n) is 16.5. The summed E-state index contributed by atoms with van der Waals surface area (Å²) in [4.78, 5) is 36.0. The molecule has 2 N–H and O–H groups in total. The largest absolute Gasteiger partial charge is 0.354 e. The van der Waals surface area contributed by atoms with E-state index in [9.17, 15) is 9.59 Å². The van der Waals surface area contributed by atoms with Gasteiger partial charge in [0.1, 0.15) is 11.2 Å². The second-order valence-corrected chi connectivity index (χ2v) is 7.89. The lowest BCUT2D eigenvalue weighted by Gasteiger charge is -2.40. The van der Waals surface area contributed by atoms with Crippen LogP contribution in [-0.2, 0) is 11.2 Å². The van der Waals surface area contributed by atoms with Gasteiger partial charge in [0.25, 0.3) is 5.91 Å². The summed E-state index contributed by atoms with van der Waals surface area (Å²) in [6, 6.07) is 10.1. The van der Waals surface area contributed by atoms with Crippen LogP contribution in [0.25, 0.3) is 0 Å². The summed E-state index contributed by atoms with van der Waals surface area (Å²) in [7, 11) is 0. The van der Waals surface area contributed by atoms with Gasteiger partial charge in [0.2, 0.25) is 5.91 Å². The zero-order chi connectivity index (χ0) is 20.1. The van der Waals surface area contributed by atoms with Crippen molar-refractivity contribution in [1.29, 1.82) is 0 Å². The fraction of sp³-hybridized carbons (Fsp3) is 0.455. The van der Waals surface area contributed by atoms with Gasteiger partial charge in [-0.3, -0.25) is 19.5 Å². The minimum absolute atomic E-state index is 0.0671. The van der Waals surface area contributed by atoms with Gasteiger partial charge in [-0.1, -0.05) is 30.3 Å². The van der Waals surface area contributed by atoms with E-state index in [1.165, 1.54) is 18.0 Å². The number of carbonyl (C=O) groups is 2. The Labute approximate surface area is 170 Å². The smallest absolute Gasteiger partial charge is 0.271 e. The second-order valence-electron chi connectivity index (χ2n) is 7.89. The minimum atomic E-state index is -0.519. The van der Waals surface area contributed by atoms with Gasteiger partial charge in [0.05, 0.1) is 6.20 Å². The van der Waals surface area contributed by atoms with E-state index in [4.69, 9.17) is 0 Å². The highest BCUT2D eigenvalue weighted by molar-refractivity contribution is 5.92.